The van der Waals surface area contributed by atoms with Crippen LogP contribution in [-0.4, -0.2) is 31.2 Å². The monoisotopic (exact) mass is 358 g/mol. The van der Waals surface area contributed by atoms with Gasteiger partial charge in [-0.1, -0.05) is 30.4 Å². The lowest BCUT2D eigenvalue weighted by atomic mass is 9.51. The Kier molecular flexibility index (Phi) is 4.75. The topological polar surface area (TPSA) is 38.7 Å². The van der Waals surface area contributed by atoms with Crippen LogP contribution in [0.25, 0.3) is 0 Å². The van der Waals surface area contributed by atoms with E-state index < -0.39 is 11.9 Å². The summed E-state index contributed by atoms with van der Waals surface area (Å²) in [6, 6.07) is 0. The fraction of sp³-hybridized carbons (Fsp3) is 0.826. The molecule has 0 spiro atoms. The summed E-state index contributed by atoms with van der Waals surface area (Å²) >= 11 is 0. The molecule has 0 radical (unpaired) electrons. The second kappa shape index (κ2) is 6.66. The minimum Gasteiger partial charge on any atom is -0.380 e. The molecule has 6 atom stereocenters. The minimum absolute atomic E-state index is 0.191. The molecular formula is C23H34O3. The van der Waals surface area contributed by atoms with Crippen LogP contribution >= 0.6 is 0 Å². The fourth-order valence-electron chi connectivity index (χ4n) is 7.17. The second-order valence-corrected chi connectivity index (χ2v) is 9.48. The predicted molar refractivity (Wildman–Crippen MR) is 102 cm³/mol. The Hall–Kier alpha value is -0.820. The molecule has 0 aromatic rings. The molecule has 144 valence electrons. The summed E-state index contributed by atoms with van der Waals surface area (Å²) in [5.41, 5.74) is 3.58. The van der Waals surface area contributed by atoms with Crippen LogP contribution < -0.4 is 0 Å². The maximum absolute atomic E-state index is 10.7. The standard InChI is InChI=1S/C23H34O3/c1-5-20(24)18-13-15-14-23(25-3,26-4)12-9-16(15)17-8-11-22(2)10-6-7-19(22)21(17)18/h1,17-21,24H,6-14H2,2-4H3/t17-,18-,19+,20?,21+,22+/m1/s1. The number of aliphatic hydroxyl groups excluding tert-OH is 1. The van der Waals surface area contributed by atoms with Crippen LogP contribution in [0, 0.1) is 41.4 Å². The lowest BCUT2D eigenvalue weighted by Gasteiger charge is -2.55. The van der Waals surface area contributed by atoms with Gasteiger partial charge in [-0.25, -0.2) is 0 Å². The number of hydrogen-bond donors (Lipinski definition) is 1. The number of aliphatic hydroxyl groups is 1. The number of allylic oxidation sites excluding steroid dienone is 1. The Morgan fingerprint density at radius 2 is 1.96 bits per heavy atom. The van der Waals surface area contributed by atoms with Crippen molar-refractivity contribution in [2.45, 2.75) is 76.6 Å². The van der Waals surface area contributed by atoms with Gasteiger partial charge in [0.05, 0.1) is 0 Å². The van der Waals surface area contributed by atoms with Crippen LogP contribution in [-0.2, 0) is 9.47 Å². The van der Waals surface area contributed by atoms with Gasteiger partial charge in [0, 0.05) is 33.0 Å². The average molecular weight is 359 g/mol. The maximum Gasteiger partial charge on any atom is 0.171 e. The second-order valence-electron chi connectivity index (χ2n) is 9.48. The predicted octanol–water partition coefficient (Wildman–Crippen LogP) is 4.30. The van der Waals surface area contributed by atoms with Gasteiger partial charge in [-0.2, -0.15) is 0 Å². The Morgan fingerprint density at radius 3 is 2.65 bits per heavy atom. The molecule has 0 aliphatic heterocycles. The number of terminal acetylenes is 1. The molecular weight excluding hydrogens is 324 g/mol. The Bertz CT molecular complexity index is 626. The van der Waals surface area contributed by atoms with E-state index in [4.69, 9.17) is 15.9 Å². The molecule has 0 saturated heterocycles. The van der Waals surface area contributed by atoms with Crippen LogP contribution in [0.1, 0.15) is 64.7 Å². The van der Waals surface area contributed by atoms with E-state index in [1.807, 2.05) is 0 Å². The Morgan fingerprint density at radius 1 is 1.19 bits per heavy atom. The number of methoxy groups -OCH3 is 2. The van der Waals surface area contributed by atoms with Crippen molar-refractivity contribution in [3.63, 3.8) is 0 Å². The molecule has 3 heteroatoms. The highest BCUT2D eigenvalue weighted by Crippen LogP contribution is 2.63. The van der Waals surface area contributed by atoms with Gasteiger partial charge >= 0.3 is 0 Å². The van der Waals surface area contributed by atoms with Crippen molar-refractivity contribution in [3.8, 4) is 12.3 Å². The molecule has 1 unspecified atom stereocenters. The molecule has 4 aliphatic rings. The van der Waals surface area contributed by atoms with Crippen molar-refractivity contribution < 1.29 is 14.6 Å². The first-order valence-electron chi connectivity index (χ1n) is 10.4. The highest BCUT2D eigenvalue weighted by Gasteiger charge is 2.55. The molecule has 0 heterocycles. The number of fused-ring (bicyclic) bond motifs is 4. The zero-order chi connectivity index (χ0) is 18.5. The van der Waals surface area contributed by atoms with Crippen molar-refractivity contribution in [2.75, 3.05) is 14.2 Å². The smallest absolute Gasteiger partial charge is 0.171 e. The lowest BCUT2D eigenvalue weighted by molar-refractivity contribution is -0.214. The molecule has 4 rings (SSSR count). The van der Waals surface area contributed by atoms with Gasteiger partial charge in [-0.05, 0) is 61.7 Å². The van der Waals surface area contributed by atoms with E-state index in [2.05, 4.69) is 12.8 Å². The molecule has 1 N–H and O–H groups in total. The van der Waals surface area contributed by atoms with Gasteiger partial charge in [-0.15, -0.1) is 6.42 Å². The first-order valence-corrected chi connectivity index (χ1v) is 10.4. The van der Waals surface area contributed by atoms with Gasteiger partial charge in [0.15, 0.2) is 5.79 Å². The van der Waals surface area contributed by atoms with E-state index in [0.717, 1.165) is 31.6 Å². The highest BCUT2D eigenvalue weighted by molar-refractivity contribution is 5.30. The van der Waals surface area contributed by atoms with Gasteiger partial charge in [0.25, 0.3) is 0 Å². The van der Waals surface area contributed by atoms with Gasteiger partial charge in [-0.3, -0.25) is 0 Å². The van der Waals surface area contributed by atoms with E-state index in [0.29, 0.717) is 17.3 Å². The van der Waals surface area contributed by atoms with Crippen LogP contribution in [0.15, 0.2) is 11.1 Å². The van der Waals surface area contributed by atoms with Crippen molar-refractivity contribution in [2.24, 2.45) is 29.1 Å². The normalized spacial score (nSPS) is 42.4. The van der Waals surface area contributed by atoms with E-state index in [-0.39, 0.29) is 5.92 Å². The summed E-state index contributed by atoms with van der Waals surface area (Å²) in [7, 11) is 3.50. The first-order chi connectivity index (χ1) is 12.5. The average Bonchev–Trinajstić information content (AvgIpc) is 3.07. The largest absolute Gasteiger partial charge is 0.380 e. The van der Waals surface area contributed by atoms with Crippen molar-refractivity contribution in [1.82, 2.24) is 0 Å². The molecule has 2 saturated carbocycles. The van der Waals surface area contributed by atoms with Crippen LogP contribution in [0.3, 0.4) is 0 Å². The maximum atomic E-state index is 10.7. The third kappa shape index (κ3) is 2.68. The molecule has 4 aliphatic carbocycles. The number of hydrogen-bond acceptors (Lipinski definition) is 3. The Balaban J connectivity index is 1.72. The quantitative estimate of drug-likeness (QED) is 0.464. The zero-order valence-corrected chi connectivity index (χ0v) is 16.6. The highest BCUT2D eigenvalue weighted by atomic mass is 16.7. The van der Waals surface area contributed by atoms with Crippen LogP contribution in [0.5, 0.6) is 0 Å². The summed E-state index contributed by atoms with van der Waals surface area (Å²) in [6.45, 7) is 2.49. The molecule has 3 nitrogen and oxygen atoms in total. The van der Waals surface area contributed by atoms with Crippen molar-refractivity contribution in [1.29, 1.82) is 0 Å². The number of rotatable bonds is 3. The van der Waals surface area contributed by atoms with Crippen molar-refractivity contribution >= 4 is 0 Å². The SMILES string of the molecule is C#CC(O)[C@H]1CC2=C(CCC(OC)(OC)C2)[C@H]2CC[C@]3(C)CCC[C@H]3[C@@H]21. The van der Waals surface area contributed by atoms with E-state index in [1.165, 1.54) is 37.7 Å². The Labute approximate surface area is 158 Å². The summed E-state index contributed by atoms with van der Waals surface area (Å²) in [6.07, 6.45) is 15.4. The van der Waals surface area contributed by atoms with Crippen LogP contribution in [0.4, 0.5) is 0 Å². The fourth-order valence-corrected chi connectivity index (χ4v) is 7.17. The van der Waals surface area contributed by atoms with E-state index >= 15 is 0 Å². The zero-order valence-electron chi connectivity index (χ0n) is 16.6. The molecule has 0 aromatic heterocycles. The lowest BCUT2D eigenvalue weighted by Crippen LogP contribution is -2.50. The third-order valence-electron chi connectivity index (χ3n) is 8.57. The summed E-state index contributed by atoms with van der Waals surface area (Å²) in [4.78, 5) is 0. The molecule has 0 amide bonds. The molecule has 26 heavy (non-hydrogen) atoms. The minimum atomic E-state index is -0.638. The van der Waals surface area contributed by atoms with Gasteiger partial charge in [0.1, 0.15) is 6.10 Å². The first kappa shape index (κ1) is 18.5. The summed E-state index contributed by atoms with van der Waals surface area (Å²) < 4.78 is 11.5. The summed E-state index contributed by atoms with van der Waals surface area (Å²) in [5, 5.41) is 10.7. The van der Waals surface area contributed by atoms with E-state index in [9.17, 15) is 5.11 Å². The molecule has 0 bridgehead atoms. The van der Waals surface area contributed by atoms with Gasteiger partial charge < -0.3 is 14.6 Å². The summed E-state index contributed by atoms with van der Waals surface area (Å²) in [5.74, 6) is 4.26. The van der Waals surface area contributed by atoms with Crippen LogP contribution in [0.2, 0.25) is 0 Å². The molecule has 2 fully saturated rings. The van der Waals surface area contributed by atoms with E-state index in [1.54, 1.807) is 19.8 Å². The van der Waals surface area contributed by atoms with Gasteiger partial charge in [0.2, 0.25) is 0 Å². The third-order valence-corrected chi connectivity index (χ3v) is 8.57. The molecule has 0 aromatic carbocycles. The van der Waals surface area contributed by atoms with Crippen molar-refractivity contribution in [3.05, 3.63) is 11.1 Å². The number of ether oxygens (including phenoxy) is 2.